The molecular weight excluding hydrogens is 484 g/mol. The van der Waals surface area contributed by atoms with Crippen molar-refractivity contribution in [2.45, 2.75) is 27.1 Å². The second-order valence-electron chi connectivity index (χ2n) is 8.54. The van der Waals surface area contributed by atoms with Crippen LogP contribution in [0.3, 0.4) is 0 Å². The molecule has 0 unspecified atom stereocenters. The number of rotatable bonds is 6. The largest absolute Gasteiger partial charge is 0.493 e. The summed E-state index contributed by atoms with van der Waals surface area (Å²) in [4.78, 5) is 13.7. The van der Waals surface area contributed by atoms with Crippen molar-refractivity contribution in [2.24, 2.45) is 0 Å². The molecule has 1 aliphatic rings. The molecule has 2 heterocycles. The fraction of sp³-hybridized carbons (Fsp3) is 0.250. The number of hydrogen-bond acceptors (Lipinski definition) is 7. The zero-order valence-corrected chi connectivity index (χ0v) is 21.2. The summed E-state index contributed by atoms with van der Waals surface area (Å²) in [6, 6.07) is 12.5. The Labute approximate surface area is 213 Å². The van der Waals surface area contributed by atoms with Crippen LogP contribution in [-0.2, 0) is 18.0 Å². The van der Waals surface area contributed by atoms with Gasteiger partial charge in [-0.15, -0.1) is 0 Å². The summed E-state index contributed by atoms with van der Waals surface area (Å²) in [5.74, 6) is 2.08. The molecule has 186 valence electrons. The zero-order chi connectivity index (χ0) is 25.4. The van der Waals surface area contributed by atoms with Gasteiger partial charge in [-0.1, -0.05) is 11.6 Å². The number of benzene rings is 3. The molecule has 0 fully saturated rings. The predicted octanol–water partition coefficient (Wildman–Crippen LogP) is 6.19. The van der Waals surface area contributed by atoms with Crippen LogP contribution < -0.4 is 24.4 Å². The average molecular weight is 509 g/mol. The Bertz CT molecular complexity index is 1520. The second kappa shape index (κ2) is 9.76. The van der Waals surface area contributed by atoms with Crippen LogP contribution >= 0.6 is 11.6 Å². The zero-order valence-electron chi connectivity index (χ0n) is 20.4. The van der Waals surface area contributed by atoms with Gasteiger partial charge in [-0.25, -0.2) is 0 Å². The van der Waals surface area contributed by atoms with Gasteiger partial charge in [0.2, 0.25) is 11.2 Å². The van der Waals surface area contributed by atoms with E-state index in [0.29, 0.717) is 51.0 Å². The smallest absolute Gasteiger partial charge is 0.235 e. The Morgan fingerprint density at radius 1 is 0.972 bits per heavy atom. The summed E-state index contributed by atoms with van der Waals surface area (Å²) in [6.07, 6.45) is 0. The van der Waals surface area contributed by atoms with Gasteiger partial charge in [0.1, 0.15) is 17.9 Å². The summed E-state index contributed by atoms with van der Waals surface area (Å²) in [6.45, 7) is 4.49. The molecule has 0 aliphatic carbocycles. The molecule has 1 aliphatic heterocycles. The molecule has 0 amide bonds. The number of fused-ring (bicyclic) bond motifs is 2. The Morgan fingerprint density at radius 2 is 1.75 bits per heavy atom. The summed E-state index contributed by atoms with van der Waals surface area (Å²) in [5.41, 5.74) is 4.34. The van der Waals surface area contributed by atoms with Crippen molar-refractivity contribution in [1.82, 2.24) is 0 Å². The minimum atomic E-state index is -0.274. The van der Waals surface area contributed by atoms with Gasteiger partial charge in [0.15, 0.2) is 24.1 Å². The van der Waals surface area contributed by atoms with Crippen molar-refractivity contribution in [1.29, 1.82) is 0 Å². The average Bonchev–Trinajstić information content (AvgIpc) is 2.88. The molecular formula is C28H25ClO7. The van der Waals surface area contributed by atoms with Crippen molar-refractivity contribution < 1.29 is 28.1 Å². The molecule has 0 saturated heterocycles. The quantitative estimate of drug-likeness (QED) is 0.307. The van der Waals surface area contributed by atoms with Crippen LogP contribution in [0.5, 0.6) is 23.0 Å². The van der Waals surface area contributed by atoms with Gasteiger partial charge in [0, 0.05) is 21.7 Å². The summed E-state index contributed by atoms with van der Waals surface area (Å²) in [5, 5.41) is 0.966. The topological polar surface area (TPSA) is 76.4 Å². The SMILES string of the molecule is COc1ccc(-c2oc3cc(C)c(C)cc3c(=O)c2OCc2cc(Cl)cc3c2OCOC3)cc1OC. The maximum Gasteiger partial charge on any atom is 0.235 e. The lowest BCUT2D eigenvalue weighted by Crippen LogP contribution is -2.15. The molecule has 0 saturated carbocycles. The maximum absolute atomic E-state index is 13.7. The van der Waals surface area contributed by atoms with E-state index in [1.54, 1.807) is 44.6 Å². The lowest BCUT2D eigenvalue weighted by Gasteiger charge is -2.21. The minimum Gasteiger partial charge on any atom is -0.493 e. The Balaban J connectivity index is 1.66. The van der Waals surface area contributed by atoms with Gasteiger partial charge in [0.05, 0.1) is 26.2 Å². The van der Waals surface area contributed by atoms with Crippen LogP contribution in [0, 0.1) is 13.8 Å². The lowest BCUT2D eigenvalue weighted by molar-refractivity contribution is -0.0175. The van der Waals surface area contributed by atoms with E-state index in [9.17, 15) is 4.79 Å². The fourth-order valence-electron chi connectivity index (χ4n) is 4.25. The van der Waals surface area contributed by atoms with Crippen molar-refractivity contribution >= 4 is 22.6 Å². The van der Waals surface area contributed by atoms with E-state index in [-0.39, 0.29) is 30.3 Å². The molecule has 5 rings (SSSR count). The van der Waals surface area contributed by atoms with Crippen LogP contribution in [0.2, 0.25) is 5.02 Å². The molecule has 3 aromatic carbocycles. The first-order valence-electron chi connectivity index (χ1n) is 11.3. The van der Waals surface area contributed by atoms with E-state index in [1.165, 1.54) is 0 Å². The molecule has 7 nitrogen and oxygen atoms in total. The Hall–Kier alpha value is -3.68. The Kier molecular flexibility index (Phi) is 6.51. The minimum absolute atomic E-state index is 0.0459. The number of hydrogen-bond donors (Lipinski definition) is 0. The van der Waals surface area contributed by atoms with Gasteiger partial charge in [-0.05, 0) is 67.4 Å². The van der Waals surface area contributed by atoms with Crippen molar-refractivity contribution in [3.8, 4) is 34.3 Å². The van der Waals surface area contributed by atoms with Crippen LogP contribution in [0.25, 0.3) is 22.3 Å². The van der Waals surface area contributed by atoms with Gasteiger partial charge in [-0.2, -0.15) is 0 Å². The first-order valence-corrected chi connectivity index (χ1v) is 11.7. The summed E-state index contributed by atoms with van der Waals surface area (Å²) >= 11 is 6.32. The molecule has 0 spiro atoms. The van der Waals surface area contributed by atoms with Crippen molar-refractivity contribution in [2.75, 3.05) is 21.0 Å². The van der Waals surface area contributed by atoms with E-state index in [4.69, 9.17) is 39.7 Å². The third-order valence-electron chi connectivity index (χ3n) is 6.23. The first-order chi connectivity index (χ1) is 17.4. The van der Waals surface area contributed by atoms with Gasteiger partial charge in [-0.3, -0.25) is 4.79 Å². The number of aryl methyl sites for hydroxylation is 2. The first kappa shape index (κ1) is 24.0. The monoisotopic (exact) mass is 508 g/mol. The molecule has 8 heteroatoms. The molecule has 0 atom stereocenters. The Morgan fingerprint density at radius 3 is 2.53 bits per heavy atom. The van der Waals surface area contributed by atoms with E-state index < -0.39 is 0 Å². The highest BCUT2D eigenvalue weighted by Crippen LogP contribution is 2.38. The summed E-state index contributed by atoms with van der Waals surface area (Å²) < 4.78 is 34.4. The van der Waals surface area contributed by atoms with E-state index in [0.717, 1.165) is 16.7 Å². The fourth-order valence-corrected chi connectivity index (χ4v) is 4.51. The van der Waals surface area contributed by atoms with Crippen LogP contribution in [0.4, 0.5) is 0 Å². The van der Waals surface area contributed by atoms with Gasteiger partial charge < -0.3 is 28.1 Å². The molecule has 0 bridgehead atoms. The molecule has 1 aromatic heterocycles. The normalized spacial score (nSPS) is 12.7. The van der Waals surface area contributed by atoms with Crippen molar-refractivity contribution in [3.63, 3.8) is 0 Å². The maximum atomic E-state index is 13.7. The van der Waals surface area contributed by atoms with Crippen LogP contribution in [-0.4, -0.2) is 21.0 Å². The molecule has 0 radical (unpaired) electrons. The number of methoxy groups -OCH3 is 2. The highest BCUT2D eigenvalue weighted by molar-refractivity contribution is 6.30. The number of halogens is 1. The predicted molar refractivity (Wildman–Crippen MR) is 137 cm³/mol. The lowest BCUT2D eigenvalue weighted by atomic mass is 10.0. The standard InChI is InChI=1S/C28H25ClO7/c1-15-7-21-23(8-16(15)2)36-27(17-5-6-22(31-3)24(11-17)32-4)28(25(21)30)34-13-19-10-20(29)9-18-12-33-14-35-26(18)19/h5-11H,12-14H2,1-4H3. The van der Waals surface area contributed by atoms with E-state index >= 15 is 0 Å². The second-order valence-corrected chi connectivity index (χ2v) is 8.98. The highest BCUT2D eigenvalue weighted by Gasteiger charge is 2.22. The van der Waals surface area contributed by atoms with Gasteiger partial charge >= 0.3 is 0 Å². The van der Waals surface area contributed by atoms with Crippen molar-refractivity contribution in [3.05, 3.63) is 80.0 Å². The molecule has 36 heavy (non-hydrogen) atoms. The van der Waals surface area contributed by atoms with Crippen LogP contribution in [0.15, 0.2) is 51.7 Å². The highest BCUT2D eigenvalue weighted by atomic mass is 35.5. The van der Waals surface area contributed by atoms with Gasteiger partial charge in [0.25, 0.3) is 0 Å². The third-order valence-corrected chi connectivity index (χ3v) is 6.45. The third kappa shape index (κ3) is 4.36. The van der Waals surface area contributed by atoms with E-state index in [1.807, 2.05) is 26.0 Å². The van der Waals surface area contributed by atoms with Crippen LogP contribution in [0.1, 0.15) is 22.3 Å². The number of ether oxygens (including phenoxy) is 5. The van der Waals surface area contributed by atoms with E-state index in [2.05, 4.69) is 0 Å². The molecule has 0 N–H and O–H groups in total. The summed E-state index contributed by atoms with van der Waals surface area (Å²) in [7, 11) is 3.11. The molecule has 4 aromatic rings.